The molecule has 1 saturated heterocycles. The molecule has 3 unspecified atom stereocenters. The Kier molecular flexibility index (Phi) is 6.31. The van der Waals surface area contributed by atoms with E-state index in [9.17, 15) is 0 Å². The van der Waals surface area contributed by atoms with Gasteiger partial charge in [-0.3, -0.25) is 0 Å². The van der Waals surface area contributed by atoms with Gasteiger partial charge in [0.25, 0.3) is 0 Å². The predicted molar refractivity (Wildman–Crippen MR) is 102 cm³/mol. The number of allylic oxidation sites excluding steroid dienone is 2. The van der Waals surface area contributed by atoms with Crippen LogP contribution < -0.4 is 4.46 Å². The molecular weight excluding hydrogens is 347 g/mol. The van der Waals surface area contributed by atoms with Crippen molar-refractivity contribution >= 4 is 19.4 Å². The van der Waals surface area contributed by atoms with Gasteiger partial charge in [-0.25, -0.2) is 0 Å². The maximum atomic E-state index is 6.65. The van der Waals surface area contributed by atoms with Crippen LogP contribution in [0.25, 0.3) is 0 Å². The number of hydrogen-bond acceptors (Lipinski definition) is 1. The van der Waals surface area contributed by atoms with Crippen molar-refractivity contribution in [1.82, 2.24) is 0 Å². The van der Waals surface area contributed by atoms with Gasteiger partial charge in [0, 0.05) is 0 Å². The summed E-state index contributed by atoms with van der Waals surface area (Å²) in [5.41, 5.74) is 1.15. The van der Waals surface area contributed by atoms with E-state index in [2.05, 4.69) is 70.7 Å². The molecule has 3 atom stereocenters. The van der Waals surface area contributed by atoms with Crippen molar-refractivity contribution < 1.29 is 4.74 Å². The summed E-state index contributed by atoms with van der Waals surface area (Å²) in [4.78, 5) is 0.621. The first-order valence-corrected chi connectivity index (χ1v) is 10.4. The zero-order chi connectivity index (χ0) is 16.9. The molecule has 1 fully saturated rings. The van der Waals surface area contributed by atoms with Crippen LogP contribution in [0.3, 0.4) is 0 Å². The Bertz CT molecular complexity index is 546. The topological polar surface area (TPSA) is 9.23 Å². The third-order valence-electron chi connectivity index (χ3n) is 4.70. The Morgan fingerprint density at radius 2 is 2.00 bits per heavy atom. The fourth-order valence-corrected chi connectivity index (χ4v) is 5.94. The van der Waals surface area contributed by atoms with Crippen LogP contribution in [0, 0.1) is 0 Å². The van der Waals surface area contributed by atoms with Gasteiger partial charge in [-0.1, -0.05) is 0 Å². The van der Waals surface area contributed by atoms with E-state index in [0.717, 1.165) is 19.3 Å². The maximum absolute atomic E-state index is 6.65. The van der Waals surface area contributed by atoms with E-state index in [-0.39, 0.29) is 11.2 Å². The minimum atomic E-state index is -0.178. The van der Waals surface area contributed by atoms with Gasteiger partial charge in [0.15, 0.2) is 0 Å². The molecule has 23 heavy (non-hydrogen) atoms. The van der Waals surface area contributed by atoms with Crippen LogP contribution in [0.1, 0.15) is 53.4 Å². The van der Waals surface area contributed by atoms with Gasteiger partial charge in [0.2, 0.25) is 0 Å². The first-order chi connectivity index (χ1) is 10.9. The van der Waals surface area contributed by atoms with Crippen LogP contribution in [-0.4, -0.2) is 26.2 Å². The van der Waals surface area contributed by atoms with E-state index in [1.807, 2.05) is 6.08 Å². The molecular formula is C21H30OSe. The first kappa shape index (κ1) is 18.5. The Balaban J connectivity index is 2.16. The molecule has 0 amide bonds. The van der Waals surface area contributed by atoms with Gasteiger partial charge in [0.05, 0.1) is 0 Å². The van der Waals surface area contributed by atoms with E-state index in [1.54, 1.807) is 0 Å². The quantitative estimate of drug-likeness (QED) is 0.497. The van der Waals surface area contributed by atoms with E-state index >= 15 is 0 Å². The second-order valence-electron chi connectivity index (χ2n) is 7.21. The minimum absolute atomic E-state index is 0.0665. The van der Waals surface area contributed by atoms with Crippen molar-refractivity contribution in [2.24, 2.45) is 0 Å². The molecule has 126 valence electrons. The zero-order valence-electron chi connectivity index (χ0n) is 15.0. The Morgan fingerprint density at radius 3 is 2.61 bits per heavy atom. The summed E-state index contributed by atoms with van der Waals surface area (Å²) in [7, 11) is 0. The first-order valence-electron chi connectivity index (χ1n) is 8.56. The van der Waals surface area contributed by atoms with E-state index in [1.165, 1.54) is 16.5 Å². The molecule has 0 radical (unpaired) electrons. The number of hydrogen-bond donors (Lipinski definition) is 0. The third-order valence-corrected chi connectivity index (χ3v) is 7.98. The summed E-state index contributed by atoms with van der Waals surface area (Å²) < 4.78 is 8.12. The Morgan fingerprint density at radius 1 is 1.30 bits per heavy atom. The SMILES string of the molecule is C=CC1(C)CCC([Se]c2ccccc2)C(C)(CCC=C(C)C)O1. The molecule has 0 N–H and O–H groups in total. The monoisotopic (exact) mass is 378 g/mol. The average molecular weight is 377 g/mol. The molecule has 0 saturated carbocycles. The summed E-state index contributed by atoms with van der Waals surface area (Å²) in [5.74, 6) is 0. The third kappa shape index (κ3) is 5.08. The van der Waals surface area contributed by atoms with Gasteiger partial charge in [-0.05, 0) is 0 Å². The summed E-state index contributed by atoms with van der Waals surface area (Å²) >= 11 is 0.448. The number of ether oxygens (including phenoxy) is 1. The second-order valence-corrected chi connectivity index (χ2v) is 9.89. The van der Waals surface area contributed by atoms with Crippen molar-refractivity contribution in [3.63, 3.8) is 0 Å². The number of benzene rings is 1. The van der Waals surface area contributed by atoms with Gasteiger partial charge < -0.3 is 0 Å². The zero-order valence-corrected chi connectivity index (χ0v) is 16.7. The van der Waals surface area contributed by atoms with E-state index < -0.39 is 0 Å². The second kappa shape index (κ2) is 7.83. The molecule has 1 aliphatic heterocycles. The molecule has 1 heterocycles. The summed E-state index contributed by atoms with van der Waals surface area (Å²) in [5, 5.41) is 0. The van der Waals surface area contributed by atoms with Crippen molar-refractivity contribution in [1.29, 1.82) is 0 Å². The fraction of sp³-hybridized carbons (Fsp3) is 0.524. The van der Waals surface area contributed by atoms with Crippen molar-refractivity contribution in [2.45, 2.75) is 69.4 Å². The molecule has 1 nitrogen and oxygen atoms in total. The molecule has 0 bridgehead atoms. The Labute approximate surface area is 148 Å². The van der Waals surface area contributed by atoms with Gasteiger partial charge >= 0.3 is 148 Å². The molecule has 2 rings (SSSR count). The van der Waals surface area contributed by atoms with Gasteiger partial charge in [-0.15, -0.1) is 0 Å². The summed E-state index contributed by atoms with van der Waals surface area (Å²) in [6, 6.07) is 10.9. The van der Waals surface area contributed by atoms with Gasteiger partial charge in [-0.2, -0.15) is 0 Å². The average Bonchev–Trinajstić information content (AvgIpc) is 2.51. The van der Waals surface area contributed by atoms with Crippen LogP contribution >= 0.6 is 0 Å². The van der Waals surface area contributed by atoms with Crippen molar-refractivity contribution in [3.05, 3.63) is 54.6 Å². The van der Waals surface area contributed by atoms with Crippen LogP contribution in [0.5, 0.6) is 0 Å². The van der Waals surface area contributed by atoms with Crippen LogP contribution in [0.15, 0.2) is 54.6 Å². The molecule has 2 heteroatoms. The molecule has 1 aromatic carbocycles. The summed E-state index contributed by atoms with van der Waals surface area (Å²) in [6.45, 7) is 12.9. The predicted octanol–water partition coefficient (Wildman–Crippen LogP) is 5.06. The standard InChI is InChI=1S/C21H30OSe/c1-6-20(4)16-14-19(23-18-12-8-7-9-13-18)21(5,22-20)15-10-11-17(2)3/h6-9,11-13,19H,1,10,14-16H2,2-5H3. The van der Waals surface area contributed by atoms with Crippen molar-refractivity contribution in [3.8, 4) is 0 Å². The van der Waals surface area contributed by atoms with Gasteiger partial charge in [0.1, 0.15) is 0 Å². The Hall–Kier alpha value is -0.821. The fourth-order valence-electron chi connectivity index (χ4n) is 3.22. The van der Waals surface area contributed by atoms with Crippen LogP contribution in [0.2, 0.25) is 4.82 Å². The molecule has 0 aliphatic carbocycles. The van der Waals surface area contributed by atoms with E-state index in [4.69, 9.17) is 4.74 Å². The summed E-state index contributed by atoms with van der Waals surface area (Å²) in [6.07, 6.45) is 8.81. The van der Waals surface area contributed by atoms with Crippen molar-refractivity contribution in [2.75, 3.05) is 0 Å². The molecule has 1 aliphatic rings. The normalized spacial score (nSPS) is 30.7. The van der Waals surface area contributed by atoms with Crippen LogP contribution in [-0.2, 0) is 4.74 Å². The van der Waals surface area contributed by atoms with E-state index in [0.29, 0.717) is 19.8 Å². The number of rotatable bonds is 6. The molecule has 1 aromatic rings. The molecule has 0 aromatic heterocycles. The van der Waals surface area contributed by atoms with Crippen LogP contribution in [0.4, 0.5) is 0 Å². The molecule has 0 spiro atoms.